The summed E-state index contributed by atoms with van der Waals surface area (Å²) in [5.74, 6) is 2.27. The van der Waals surface area contributed by atoms with Gasteiger partial charge in [0, 0.05) is 55.7 Å². The zero-order chi connectivity index (χ0) is 20.5. The lowest BCUT2D eigenvalue weighted by atomic mass is 9.82. The fraction of sp³-hybridized carbons (Fsp3) is 0.391. The highest BCUT2D eigenvalue weighted by atomic mass is 16.5. The summed E-state index contributed by atoms with van der Waals surface area (Å²) in [4.78, 5) is 22.9. The van der Waals surface area contributed by atoms with Crippen molar-refractivity contribution in [1.29, 1.82) is 0 Å². The van der Waals surface area contributed by atoms with E-state index in [9.17, 15) is 4.79 Å². The van der Waals surface area contributed by atoms with Crippen LogP contribution in [-0.2, 0) is 13.1 Å². The Hall–Kier alpha value is -2.90. The van der Waals surface area contributed by atoms with Crippen molar-refractivity contribution >= 4 is 0 Å². The van der Waals surface area contributed by atoms with Crippen LogP contribution in [0.15, 0.2) is 53.6 Å². The maximum Gasteiger partial charge on any atom is 0.261 e. The molecule has 156 valence electrons. The smallest absolute Gasteiger partial charge is 0.261 e. The first-order chi connectivity index (χ1) is 14.7. The number of nitrogens with zero attached hydrogens (tertiary/aromatic N) is 3. The SMILES string of the molecule is O=c1c(-c2ncc[nH]2)ccc2n1C[C@H]1C[C@@H]2CN(Cc2ccccc2OCCO)C1. The maximum atomic E-state index is 13.1. The van der Waals surface area contributed by atoms with Crippen molar-refractivity contribution in [1.82, 2.24) is 19.4 Å². The minimum Gasteiger partial charge on any atom is -0.491 e. The predicted molar refractivity (Wildman–Crippen MR) is 113 cm³/mol. The molecule has 0 unspecified atom stereocenters. The Morgan fingerprint density at radius 1 is 1.17 bits per heavy atom. The Kier molecular flexibility index (Phi) is 5.14. The van der Waals surface area contributed by atoms with Gasteiger partial charge in [0.05, 0.1) is 12.2 Å². The van der Waals surface area contributed by atoms with Crippen LogP contribution in [-0.4, -0.2) is 50.8 Å². The van der Waals surface area contributed by atoms with E-state index in [0.717, 1.165) is 49.6 Å². The molecule has 1 aromatic carbocycles. The van der Waals surface area contributed by atoms with E-state index in [0.29, 0.717) is 29.8 Å². The molecule has 2 N–H and O–H groups in total. The third-order valence-corrected chi connectivity index (χ3v) is 6.15. The Morgan fingerprint density at radius 3 is 2.90 bits per heavy atom. The summed E-state index contributed by atoms with van der Waals surface area (Å²) in [5.41, 5.74) is 2.95. The number of nitrogens with one attached hydrogen (secondary N) is 1. The number of ether oxygens (including phenoxy) is 1. The molecule has 7 nitrogen and oxygen atoms in total. The molecule has 2 bridgehead atoms. The number of pyridine rings is 1. The van der Waals surface area contributed by atoms with E-state index >= 15 is 0 Å². The average Bonchev–Trinajstić information content (AvgIpc) is 3.28. The number of imidazole rings is 1. The Labute approximate surface area is 175 Å². The van der Waals surface area contributed by atoms with Gasteiger partial charge in [-0.25, -0.2) is 4.98 Å². The summed E-state index contributed by atoms with van der Waals surface area (Å²) in [6, 6.07) is 12.0. The largest absolute Gasteiger partial charge is 0.491 e. The van der Waals surface area contributed by atoms with E-state index in [1.54, 1.807) is 12.4 Å². The van der Waals surface area contributed by atoms with Crippen molar-refractivity contribution in [3.05, 3.63) is 70.4 Å². The van der Waals surface area contributed by atoms with Gasteiger partial charge in [0.15, 0.2) is 0 Å². The van der Waals surface area contributed by atoms with E-state index in [-0.39, 0.29) is 12.2 Å². The molecule has 2 aliphatic rings. The number of aliphatic hydroxyl groups is 1. The van der Waals surface area contributed by atoms with E-state index in [4.69, 9.17) is 9.84 Å². The lowest BCUT2D eigenvalue weighted by molar-refractivity contribution is 0.113. The van der Waals surface area contributed by atoms with Crippen molar-refractivity contribution in [2.45, 2.75) is 25.4 Å². The number of hydrogen-bond donors (Lipinski definition) is 2. The van der Waals surface area contributed by atoms with Crippen LogP contribution in [0.2, 0.25) is 0 Å². The number of benzene rings is 1. The highest BCUT2D eigenvalue weighted by Gasteiger charge is 2.35. The second-order valence-corrected chi connectivity index (χ2v) is 8.20. The van der Waals surface area contributed by atoms with Crippen molar-refractivity contribution < 1.29 is 9.84 Å². The number of piperidine rings is 1. The second-order valence-electron chi connectivity index (χ2n) is 8.20. The average molecular weight is 406 g/mol. The first-order valence-corrected chi connectivity index (χ1v) is 10.5. The van der Waals surface area contributed by atoms with Crippen molar-refractivity contribution in [3.63, 3.8) is 0 Å². The number of para-hydroxylation sites is 1. The highest BCUT2D eigenvalue weighted by molar-refractivity contribution is 5.53. The summed E-state index contributed by atoms with van der Waals surface area (Å²) < 4.78 is 7.68. The van der Waals surface area contributed by atoms with Crippen LogP contribution >= 0.6 is 0 Å². The van der Waals surface area contributed by atoms with Crippen molar-refractivity contribution in [3.8, 4) is 17.1 Å². The lowest BCUT2D eigenvalue weighted by Crippen LogP contribution is -2.47. The normalized spacial score (nSPS) is 20.7. The molecule has 5 rings (SSSR count). The zero-order valence-electron chi connectivity index (χ0n) is 16.8. The molecular formula is C23H26N4O3. The molecule has 0 spiro atoms. The number of H-pyrrole nitrogens is 1. The van der Waals surface area contributed by atoms with Gasteiger partial charge in [-0.15, -0.1) is 0 Å². The van der Waals surface area contributed by atoms with Gasteiger partial charge in [-0.2, -0.15) is 0 Å². The molecule has 2 aliphatic heterocycles. The van der Waals surface area contributed by atoms with Gasteiger partial charge >= 0.3 is 0 Å². The minimum absolute atomic E-state index is 0.00766. The third kappa shape index (κ3) is 3.55. The molecule has 0 saturated carbocycles. The number of fused-ring (bicyclic) bond motifs is 4. The van der Waals surface area contributed by atoms with E-state index in [2.05, 4.69) is 27.0 Å². The number of rotatable bonds is 6. The molecule has 7 heteroatoms. The molecule has 4 heterocycles. The molecule has 3 aromatic rings. The van der Waals surface area contributed by atoms with Gasteiger partial charge in [0.25, 0.3) is 5.56 Å². The predicted octanol–water partition coefficient (Wildman–Crippen LogP) is 2.23. The van der Waals surface area contributed by atoms with Gasteiger partial charge in [0.1, 0.15) is 18.2 Å². The second kappa shape index (κ2) is 8.08. The van der Waals surface area contributed by atoms with Gasteiger partial charge in [-0.3, -0.25) is 9.69 Å². The van der Waals surface area contributed by atoms with Gasteiger partial charge in [-0.05, 0) is 30.5 Å². The first kappa shape index (κ1) is 19.1. The van der Waals surface area contributed by atoms with Crippen LogP contribution in [0.3, 0.4) is 0 Å². The van der Waals surface area contributed by atoms with E-state index < -0.39 is 0 Å². The number of likely N-dealkylation sites (tertiary alicyclic amines) is 1. The molecule has 0 aliphatic carbocycles. The molecular weight excluding hydrogens is 380 g/mol. The number of aliphatic hydroxyl groups excluding tert-OH is 1. The van der Waals surface area contributed by atoms with Gasteiger partial charge in [0.2, 0.25) is 0 Å². The fourth-order valence-electron chi connectivity index (χ4n) is 4.94. The zero-order valence-corrected chi connectivity index (χ0v) is 16.8. The molecule has 2 aromatic heterocycles. The third-order valence-electron chi connectivity index (χ3n) is 6.15. The first-order valence-electron chi connectivity index (χ1n) is 10.5. The summed E-state index contributed by atoms with van der Waals surface area (Å²) in [5, 5.41) is 9.08. The summed E-state index contributed by atoms with van der Waals surface area (Å²) in [7, 11) is 0. The van der Waals surface area contributed by atoms with Crippen LogP contribution in [0.25, 0.3) is 11.4 Å². The molecule has 2 atom stereocenters. The van der Waals surface area contributed by atoms with Crippen LogP contribution < -0.4 is 10.3 Å². The quantitative estimate of drug-likeness (QED) is 0.656. The number of aromatic amines is 1. The van der Waals surface area contributed by atoms with Crippen molar-refractivity contribution in [2.24, 2.45) is 5.92 Å². The van der Waals surface area contributed by atoms with Crippen molar-refractivity contribution in [2.75, 3.05) is 26.3 Å². The monoisotopic (exact) mass is 406 g/mol. The minimum atomic E-state index is 0.00766. The summed E-state index contributed by atoms with van der Waals surface area (Å²) >= 11 is 0. The summed E-state index contributed by atoms with van der Waals surface area (Å²) in [6.07, 6.45) is 4.54. The molecule has 1 fully saturated rings. The number of aromatic nitrogens is 3. The number of hydrogen-bond acceptors (Lipinski definition) is 5. The Bertz CT molecular complexity index is 1080. The highest BCUT2D eigenvalue weighted by Crippen LogP contribution is 2.36. The van der Waals surface area contributed by atoms with Crippen LogP contribution in [0.1, 0.15) is 23.6 Å². The summed E-state index contributed by atoms with van der Waals surface area (Å²) in [6.45, 7) is 3.75. The molecule has 1 saturated heterocycles. The Morgan fingerprint density at radius 2 is 2.07 bits per heavy atom. The molecule has 30 heavy (non-hydrogen) atoms. The van der Waals surface area contributed by atoms with Crippen LogP contribution in [0.5, 0.6) is 5.75 Å². The van der Waals surface area contributed by atoms with E-state index in [1.807, 2.05) is 28.8 Å². The fourth-order valence-corrected chi connectivity index (χ4v) is 4.94. The lowest BCUT2D eigenvalue weighted by Gasteiger charge is -2.43. The molecule has 0 amide bonds. The topological polar surface area (TPSA) is 83.4 Å². The van der Waals surface area contributed by atoms with Crippen LogP contribution in [0, 0.1) is 5.92 Å². The van der Waals surface area contributed by atoms with E-state index in [1.165, 1.54) is 0 Å². The van der Waals surface area contributed by atoms with Gasteiger partial charge < -0.3 is 19.4 Å². The Balaban J connectivity index is 1.38. The standard InChI is InChI=1S/C23H26N4O3/c28-9-10-30-21-4-2-1-3-17(21)14-26-12-16-11-18(15-26)20-6-5-19(22-24-7-8-25-22)23(29)27(20)13-16/h1-8,16,18,28H,9-15H2,(H,24,25)/t16-,18+/m0/s1. The molecule has 0 radical (unpaired) electrons. The van der Waals surface area contributed by atoms with Gasteiger partial charge in [-0.1, -0.05) is 18.2 Å². The van der Waals surface area contributed by atoms with Crippen LogP contribution in [0.4, 0.5) is 0 Å². The maximum absolute atomic E-state index is 13.1.